The van der Waals surface area contributed by atoms with Gasteiger partial charge in [-0.25, -0.2) is 0 Å². The Morgan fingerprint density at radius 2 is 2.05 bits per heavy atom. The summed E-state index contributed by atoms with van der Waals surface area (Å²) in [5.74, 6) is 0.997. The molecule has 1 fully saturated rings. The van der Waals surface area contributed by atoms with Crippen LogP contribution in [-0.4, -0.2) is 24.0 Å². The zero-order chi connectivity index (χ0) is 15.0. The predicted molar refractivity (Wildman–Crippen MR) is 80.0 cm³/mol. The highest BCUT2D eigenvalue weighted by atomic mass is 35.5. The van der Waals surface area contributed by atoms with Crippen LogP contribution in [0.2, 0.25) is 0 Å². The van der Waals surface area contributed by atoms with Gasteiger partial charge < -0.3 is 14.8 Å². The average Bonchev–Trinajstić information content (AvgIpc) is 2.92. The predicted octanol–water partition coefficient (Wildman–Crippen LogP) is 3.62. The molecule has 1 aromatic carbocycles. The number of hydrogen-bond donors (Lipinski definition) is 1. The van der Waals surface area contributed by atoms with Gasteiger partial charge in [-0.2, -0.15) is 0 Å². The lowest BCUT2D eigenvalue weighted by Crippen LogP contribution is -2.25. The number of carbonyl (C=O) groups is 1. The zero-order valence-electron chi connectivity index (χ0n) is 11.6. The first-order valence-electron chi connectivity index (χ1n) is 6.34. The molecule has 0 heterocycles. The van der Waals surface area contributed by atoms with Gasteiger partial charge in [0.25, 0.3) is 0 Å². The highest BCUT2D eigenvalue weighted by molar-refractivity contribution is 6.53. The van der Waals surface area contributed by atoms with E-state index in [1.165, 1.54) is 0 Å². The fraction of sp³-hybridized carbons (Fsp3) is 0.500. The van der Waals surface area contributed by atoms with E-state index >= 15 is 0 Å². The number of halogens is 2. The minimum absolute atomic E-state index is 0.200. The van der Waals surface area contributed by atoms with Gasteiger partial charge in [0, 0.05) is 11.8 Å². The normalized spacial score (nSPS) is 23.1. The van der Waals surface area contributed by atoms with Crippen molar-refractivity contribution in [3.05, 3.63) is 18.2 Å². The molecule has 2 rings (SSSR count). The molecule has 0 radical (unpaired) electrons. The van der Waals surface area contributed by atoms with Gasteiger partial charge in [0.15, 0.2) is 11.5 Å². The molecule has 1 N–H and O–H groups in total. The molecular weight excluding hydrogens is 301 g/mol. The Labute approximate surface area is 128 Å². The molecule has 0 saturated heterocycles. The van der Waals surface area contributed by atoms with E-state index in [9.17, 15) is 4.79 Å². The first kappa shape index (κ1) is 15.3. The van der Waals surface area contributed by atoms with Crippen molar-refractivity contribution in [3.8, 4) is 11.5 Å². The third-order valence-electron chi connectivity index (χ3n) is 3.48. The van der Waals surface area contributed by atoms with Crippen LogP contribution >= 0.6 is 23.2 Å². The molecule has 1 unspecified atom stereocenters. The largest absolute Gasteiger partial charge is 0.493 e. The summed E-state index contributed by atoms with van der Waals surface area (Å²) in [6, 6.07) is 5.21. The highest BCUT2D eigenvalue weighted by Gasteiger charge is 2.67. The van der Waals surface area contributed by atoms with Crippen LogP contribution in [0.3, 0.4) is 0 Å². The number of benzene rings is 1. The molecule has 1 aliphatic carbocycles. The summed E-state index contributed by atoms with van der Waals surface area (Å²) in [7, 11) is 1.55. The maximum absolute atomic E-state index is 12.2. The summed E-state index contributed by atoms with van der Waals surface area (Å²) in [4.78, 5) is 12.2. The monoisotopic (exact) mass is 317 g/mol. The topological polar surface area (TPSA) is 47.6 Å². The number of carbonyl (C=O) groups excluding carboxylic acids is 1. The Balaban J connectivity index is 2.13. The Kier molecular flexibility index (Phi) is 4.07. The van der Waals surface area contributed by atoms with Crippen molar-refractivity contribution in [2.24, 2.45) is 5.41 Å². The maximum atomic E-state index is 12.2. The van der Waals surface area contributed by atoms with E-state index < -0.39 is 9.75 Å². The molecule has 6 heteroatoms. The van der Waals surface area contributed by atoms with E-state index in [1.807, 2.05) is 6.92 Å². The number of nitrogens with one attached hydrogen (secondary N) is 1. The lowest BCUT2D eigenvalue weighted by Gasteiger charge is -2.15. The lowest BCUT2D eigenvalue weighted by molar-refractivity contribution is -0.120. The summed E-state index contributed by atoms with van der Waals surface area (Å²) in [5.41, 5.74) is -0.130. The molecule has 0 aromatic heterocycles. The molecule has 110 valence electrons. The molecule has 0 aliphatic heterocycles. The molecule has 1 atom stereocenters. The molecule has 4 nitrogen and oxygen atoms in total. The third kappa shape index (κ3) is 2.67. The smallest absolute Gasteiger partial charge is 0.233 e. The molecular formula is C14H17Cl2NO3. The van der Waals surface area contributed by atoms with E-state index in [0.29, 0.717) is 30.2 Å². The second-order valence-electron chi connectivity index (χ2n) is 4.97. The lowest BCUT2D eigenvalue weighted by atomic mass is 10.1. The third-order valence-corrected chi connectivity index (χ3v) is 4.58. The average molecular weight is 318 g/mol. The van der Waals surface area contributed by atoms with Gasteiger partial charge in [0.2, 0.25) is 5.91 Å². The van der Waals surface area contributed by atoms with E-state index in [2.05, 4.69) is 5.32 Å². The van der Waals surface area contributed by atoms with Gasteiger partial charge in [-0.3, -0.25) is 4.79 Å². The van der Waals surface area contributed by atoms with Crippen LogP contribution < -0.4 is 14.8 Å². The number of alkyl halides is 2. The summed E-state index contributed by atoms with van der Waals surface area (Å²) < 4.78 is 9.67. The van der Waals surface area contributed by atoms with Crippen LogP contribution in [0.1, 0.15) is 20.3 Å². The van der Waals surface area contributed by atoms with Gasteiger partial charge in [-0.1, -0.05) is 0 Å². The number of hydrogen-bond acceptors (Lipinski definition) is 3. The number of ether oxygens (including phenoxy) is 2. The van der Waals surface area contributed by atoms with Crippen LogP contribution in [0.5, 0.6) is 11.5 Å². The summed E-state index contributed by atoms with van der Waals surface area (Å²) >= 11 is 12.0. The summed E-state index contributed by atoms with van der Waals surface area (Å²) in [6.07, 6.45) is 0.448. The van der Waals surface area contributed by atoms with E-state index in [-0.39, 0.29) is 5.91 Å². The maximum Gasteiger partial charge on any atom is 0.233 e. The van der Waals surface area contributed by atoms with Crippen molar-refractivity contribution in [1.82, 2.24) is 0 Å². The second-order valence-corrected chi connectivity index (χ2v) is 6.45. The second kappa shape index (κ2) is 5.34. The Hall–Kier alpha value is -1.13. The van der Waals surface area contributed by atoms with Gasteiger partial charge in [0.1, 0.15) is 4.33 Å². The highest BCUT2D eigenvalue weighted by Crippen LogP contribution is 2.64. The molecule has 0 bridgehead atoms. The molecule has 20 heavy (non-hydrogen) atoms. The number of rotatable bonds is 5. The Morgan fingerprint density at radius 1 is 1.40 bits per heavy atom. The van der Waals surface area contributed by atoms with E-state index in [1.54, 1.807) is 32.2 Å². The van der Waals surface area contributed by atoms with Gasteiger partial charge in [0.05, 0.1) is 19.1 Å². The van der Waals surface area contributed by atoms with Crippen LogP contribution in [-0.2, 0) is 4.79 Å². The standard InChI is InChI=1S/C14H17Cl2NO3/c1-4-20-10-6-5-9(7-11(10)19-3)17-12(18)13(2)8-14(13,15)16/h5-7H,4,8H2,1-3H3,(H,17,18). The Bertz CT molecular complexity index is 533. The molecule has 1 aliphatic rings. The van der Waals surface area contributed by atoms with Crippen LogP contribution in [0.15, 0.2) is 18.2 Å². The van der Waals surface area contributed by atoms with Crippen LogP contribution in [0.4, 0.5) is 5.69 Å². The molecule has 0 spiro atoms. The van der Waals surface area contributed by atoms with Crippen molar-refractivity contribution >= 4 is 34.8 Å². The quantitative estimate of drug-likeness (QED) is 0.844. The van der Waals surface area contributed by atoms with Crippen LogP contribution in [0, 0.1) is 5.41 Å². The van der Waals surface area contributed by atoms with Gasteiger partial charge in [-0.15, -0.1) is 23.2 Å². The minimum atomic E-state index is -0.980. The fourth-order valence-corrected chi connectivity index (χ4v) is 2.64. The minimum Gasteiger partial charge on any atom is -0.493 e. The molecule has 1 saturated carbocycles. The molecule has 1 amide bonds. The van der Waals surface area contributed by atoms with Gasteiger partial charge >= 0.3 is 0 Å². The summed E-state index contributed by atoms with van der Waals surface area (Å²) in [6.45, 7) is 4.18. The van der Waals surface area contributed by atoms with Crippen molar-refractivity contribution in [1.29, 1.82) is 0 Å². The van der Waals surface area contributed by atoms with Crippen LogP contribution in [0.25, 0.3) is 0 Å². The van der Waals surface area contributed by atoms with E-state index in [4.69, 9.17) is 32.7 Å². The fourth-order valence-electron chi connectivity index (χ4n) is 1.94. The van der Waals surface area contributed by atoms with E-state index in [0.717, 1.165) is 0 Å². The first-order valence-corrected chi connectivity index (χ1v) is 7.10. The number of anilines is 1. The summed E-state index contributed by atoms with van der Waals surface area (Å²) in [5, 5.41) is 2.80. The SMILES string of the molecule is CCOc1ccc(NC(=O)C2(C)CC2(Cl)Cl)cc1OC. The first-order chi connectivity index (χ1) is 9.34. The number of amides is 1. The van der Waals surface area contributed by atoms with Crippen molar-refractivity contribution in [2.75, 3.05) is 19.0 Å². The Morgan fingerprint density at radius 3 is 2.55 bits per heavy atom. The molecule has 1 aromatic rings. The van der Waals surface area contributed by atoms with Gasteiger partial charge in [-0.05, 0) is 32.4 Å². The van der Waals surface area contributed by atoms with Crippen molar-refractivity contribution < 1.29 is 14.3 Å². The number of methoxy groups -OCH3 is 1. The zero-order valence-corrected chi connectivity index (χ0v) is 13.1. The van der Waals surface area contributed by atoms with Crippen molar-refractivity contribution in [2.45, 2.75) is 24.6 Å². The van der Waals surface area contributed by atoms with Crippen molar-refractivity contribution in [3.63, 3.8) is 0 Å².